The van der Waals surface area contributed by atoms with Crippen LogP contribution in [0.2, 0.25) is 10.0 Å². The van der Waals surface area contributed by atoms with E-state index in [-0.39, 0.29) is 14.9 Å². The third-order valence-electron chi connectivity index (χ3n) is 2.02. The van der Waals surface area contributed by atoms with Crippen molar-refractivity contribution in [1.29, 1.82) is 0 Å². The molecule has 0 aliphatic carbocycles. The molecule has 0 unspecified atom stereocenters. The molecule has 1 rings (SSSR count). The first-order valence-electron chi connectivity index (χ1n) is 4.92. The average Bonchev–Trinajstić information content (AvgIpc) is 2.28. The highest BCUT2D eigenvalue weighted by molar-refractivity contribution is 8.13. The van der Waals surface area contributed by atoms with Gasteiger partial charge in [-0.3, -0.25) is 0 Å². The fourth-order valence-corrected chi connectivity index (χ4v) is 2.99. The lowest BCUT2D eigenvalue weighted by Crippen LogP contribution is -2.02. The Morgan fingerprint density at radius 2 is 1.83 bits per heavy atom. The van der Waals surface area contributed by atoms with Gasteiger partial charge in [0.25, 0.3) is 9.05 Å². The molecule has 0 saturated heterocycles. The van der Waals surface area contributed by atoms with Crippen molar-refractivity contribution in [2.24, 2.45) is 0 Å². The van der Waals surface area contributed by atoms with Gasteiger partial charge in [-0.25, -0.2) is 8.42 Å². The topological polar surface area (TPSA) is 52.6 Å². The van der Waals surface area contributed by atoms with Gasteiger partial charge >= 0.3 is 0 Å². The van der Waals surface area contributed by atoms with Gasteiger partial charge in [-0.1, -0.05) is 23.2 Å². The first kappa shape index (κ1) is 15.9. The molecule has 18 heavy (non-hydrogen) atoms. The van der Waals surface area contributed by atoms with Crippen molar-refractivity contribution in [3.63, 3.8) is 0 Å². The Kier molecular flexibility index (Phi) is 6.01. The SMILES string of the molecule is COCCCOc1ccc(S(=O)(=O)Cl)c(Cl)c1Cl. The van der Waals surface area contributed by atoms with Gasteiger partial charge in [0.05, 0.1) is 11.6 Å². The second-order valence-electron chi connectivity index (χ2n) is 3.32. The van der Waals surface area contributed by atoms with E-state index in [1.54, 1.807) is 7.11 Å². The molecule has 0 atom stereocenters. The summed E-state index contributed by atoms with van der Waals surface area (Å²) in [5.41, 5.74) is 0. The molecule has 0 aromatic heterocycles. The van der Waals surface area contributed by atoms with Gasteiger partial charge in [-0.2, -0.15) is 0 Å². The third kappa shape index (κ3) is 4.17. The maximum atomic E-state index is 11.2. The van der Waals surface area contributed by atoms with E-state index in [0.717, 1.165) is 0 Å². The van der Waals surface area contributed by atoms with Gasteiger partial charge in [0.2, 0.25) is 0 Å². The monoisotopic (exact) mass is 332 g/mol. The Hall–Kier alpha value is -0.200. The first-order valence-corrected chi connectivity index (χ1v) is 7.99. The van der Waals surface area contributed by atoms with E-state index >= 15 is 0 Å². The highest BCUT2D eigenvalue weighted by Gasteiger charge is 2.19. The molecule has 0 fully saturated rings. The number of benzene rings is 1. The molecule has 0 radical (unpaired) electrons. The Labute approximate surface area is 120 Å². The molecule has 0 spiro atoms. The van der Waals surface area contributed by atoms with Crippen LogP contribution in [0.4, 0.5) is 0 Å². The second-order valence-corrected chi connectivity index (χ2v) is 6.61. The number of methoxy groups -OCH3 is 1. The van der Waals surface area contributed by atoms with Crippen LogP contribution in [0.15, 0.2) is 17.0 Å². The molecule has 0 N–H and O–H groups in total. The van der Waals surface area contributed by atoms with Gasteiger partial charge < -0.3 is 9.47 Å². The number of hydrogen-bond donors (Lipinski definition) is 0. The minimum absolute atomic E-state index is 0.0239. The first-order chi connectivity index (χ1) is 8.38. The standard InChI is InChI=1S/C10H11Cl3O4S/c1-16-5-2-6-17-7-3-4-8(18(13,14)15)10(12)9(7)11/h3-4H,2,5-6H2,1H3. The fourth-order valence-electron chi connectivity index (χ4n) is 1.20. The molecule has 0 bridgehead atoms. The molecule has 1 aromatic rings. The fraction of sp³-hybridized carbons (Fsp3) is 0.400. The van der Waals surface area contributed by atoms with Crippen molar-refractivity contribution in [3.8, 4) is 5.75 Å². The molecule has 1 aromatic carbocycles. The highest BCUT2D eigenvalue weighted by atomic mass is 35.7. The molecule has 0 amide bonds. The highest BCUT2D eigenvalue weighted by Crippen LogP contribution is 2.37. The number of ether oxygens (including phenoxy) is 2. The van der Waals surface area contributed by atoms with E-state index in [9.17, 15) is 8.42 Å². The Morgan fingerprint density at radius 1 is 1.17 bits per heavy atom. The van der Waals surface area contributed by atoms with Crippen LogP contribution in [0, 0.1) is 0 Å². The van der Waals surface area contributed by atoms with Gasteiger partial charge in [0, 0.05) is 30.8 Å². The zero-order valence-corrected chi connectivity index (χ0v) is 12.5. The largest absolute Gasteiger partial charge is 0.492 e. The summed E-state index contributed by atoms with van der Waals surface area (Å²) in [4.78, 5) is -0.236. The molecule has 4 nitrogen and oxygen atoms in total. The van der Waals surface area contributed by atoms with E-state index in [0.29, 0.717) is 25.4 Å². The molecule has 8 heteroatoms. The van der Waals surface area contributed by atoms with Gasteiger partial charge in [0.15, 0.2) is 0 Å². The van der Waals surface area contributed by atoms with Crippen molar-refractivity contribution < 1.29 is 17.9 Å². The zero-order chi connectivity index (χ0) is 13.8. The smallest absolute Gasteiger partial charge is 0.262 e. The summed E-state index contributed by atoms with van der Waals surface area (Å²) in [6.07, 6.45) is 0.681. The van der Waals surface area contributed by atoms with Crippen LogP contribution in [-0.4, -0.2) is 28.7 Å². The van der Waals surface area contributed by atoms with Crippen LogP contribution in [-0.2, 0) is 13.8 Å². The second kappa shape index (κ2) is 6.82. The summed E-state index contributed by atoms with van der Waals surface area (Å²) in [5, 5.41) is -0.119. The normalized spacial score (nSPS) is 11.6. The quantitative estimate of drug-likeness (QED) is 0.592. The third-order valence-corrected chi connectivity index (χ3v) is 4.37. The summed E-state index contributed by atoms with van der Waals surface area (Å²) < 4.78 is 32.6. The average molecular weight is 334 g/mol. The molecule has 0 saturated carbocycles. The molecule has 0 aliphatic rings. The minimum atomic E-state index is -3.92. The summed E-state index contributed by atoms with van der Waals surface area (Å²) >= 11 is 11.7. The molecular weight excluding hydrogens is 323 g/mol. The van der Waals surface area contributed by atoms with E-state index in [2.05, 4.69) is 0 Å². The van der Waals surface area contributed by atoms with Gasteiger partial charge in [-0.05, 0) is 12.1 Å². The zero-order valence-electron chi connectivity index (χ0n) is 9.45. The van der Waals surface area contributed by atoms with Crippen LogP contribution in [0.5, 0.6) is 5.75 Å². The van der Waals surface area contributed by atoms with E-state index in [4.69, 9.17) is 43.4 Å². The summed E-state index contributed by atoms with van der Waals surface area (Å²) in [5.74, 6) is 0.307. The lowest BCUT2D eigenvalue weighted by atomic mass is 10.3. The maximum Gasteiger partial charge on any atom is 0.262 e. The van der Waals surface area contributed by atoms with Crippen LogP contribution in [0.25, 0.3) is 0 Å². The van der Waals surface area contributed by atoms with E-state index in [1.165, 1.54) is 12.1 Å². The lowest BCUT2D eigenvalue weighted by Gasteiger charge is -2.10. The number of rotatable bonds is 6. The van der Waals surface area contributed by atoms with Crippen molar-refractivity contribution in [1.82, 2.24) is 0 Å². The number of hydrogen-bond acceptors (Lipinski definition) is 4. The lowest BCUT2D eigenvalue weighted by molar-refractivity contribution is 0.172. The van der Waals surface area contributed by atoms with Crippen LogP contribution >= 0.6 is 33.9 Å². The summed E-state index contributed by atoms with van der Waals surface area (Å²) in [6.45, 7) is 0.941. The Bertz CT molecular complexity index is 516. The van der Waals surface area contributed by atoms with Gasteiger partial charge in [0.1, 0.15) is 15.7 Å². The Morgan fingerprint density at radius 3 is 2.39 bits per heavy atom. The summed E-state index contributed by atoms with van der Waals surface area (Å²) in [7, 11) is 2.87. The van der Waals surface area contributed by atoms with Crippen molar-refractivity contribution in [3.05, 3.63) is 22.2 Å². The molecule has 0 aliphatic heterocycles. The van der Waals surface area contributed by atoms with Crippen molar-refractivity contribution in [2.75, 3.05) is 20.3 Å². The summed E-state index contributed by atoms with van der Waals surface area (Å²) in [6, 6.07) is 2.67. The predicted octanol–water partition coefficient (Wildman–Crippen LogP) is 3.34. The predicted molar refractivity (Wildman–Crippen MR) is 71.5 cm³/mol. The minimum Gasteiger partial charge on any atom is -0.492 e. The maximum absolute atomic E-state index is 11.2. The molecule has 0 heterocycles. The van der Waals surface area contributed by atoms with Crippen molar-refractivity contribution >= 4 is 42.9 Å². The van der Waals surface area contributed by atoms with Crippen LogP contribution in [0.3, 0.4) is 0 Å². The van der Waals surface area contributed by atoms with E-state index in [1.807, 2.05) is 0 Å². The Balaban J connectivity index is 2.88. The number of halogens is 3. The van der Waals surface area contributed by atoms with Gasteiger partial charge in [-0.15, -0.1) is 0 Å². The van der Waals surface area contributed by atoms with Crippen molar-refractivity contribution in [2.45, 2.75) is 11.3 Å². The molecular formula is C10H11Cl3O4S. The van der Waals surface area contributed by atoms with Crippen LogP contribution < -0.4 is 4.74 Å². The van der Waals surface area contributed by atoms with E-state index < -0.39 is 9.05 Å². The van der Waals surface area contributed by atoms with Crippen LogP contribution in [0.1, 0.15) is 6.42 Å². The molecule has 102 valence electrons.